The van der Waals surface area contributed by atoms with Gasteiger partial charge >= 0.3 is 5.97 Å². The molecule has 1 aromatic carbocycles. The summed E-state index contributed by atoms with van der Waals surface area (Å²) in [5.41, 5.74) is 2.70. The molecule has 1 saturated heterocycles. The number of nitrogens with zero attached hydrogens (tertiary/aromatic N) is 3. The van der Waals surface area contributed by atoms with Gasteiger partial charge in [0, 0.05) is 37.5 Å². The average molecular weight is 465 g/mol. The van der Waals surface area contributed by atoms with Crippen molar-refractivity contribution in [1.82, 2.24) is 20.2 Å². The van der Waals surface area contributed by atoms with Gasteiger partial charge in [-0.05, 0) is 35.9 Å². The van der Waals surface area contributed by atoms with Crippen molar-refractivity contribution in [2.75, 3.05) is 13.1 Å². The molecule has 1 aliphatic heterocycles. The summed E-state index contributed by atoms with van der Waals surface area (Å²) in [4.78, 5) is 48.0. The van der Waals surface area contributed by atoms with Crippen LogP contribution in [0.1, 0.15) is 27.2 Å². The van der Waals surface area contributed by atoms with Crippen LogP contribution in [-0.4, -0.2) is 56.9 Å². The third-order valence-corrected chi connectivity index (χ3v) is 6.50. The van der Waals surface area contributed by atoms with Gasteiger partial charge in [0.1, 0.15) is 6.04 Å². The zero-order valence-electron chi connectivity index (χ0n) is 18.1. The van der Waals surface area contributed by atoms with Gasteiger partial charge < -0.3 is 15.3 Å². The van der Waals surface area contributed by atoms with E-state index in [1.807, 2.05) is 31.2 Å². The molecular weight excluding hydrogens is 440 g/mol. The Labute approximate surface area is 195 Å². The van der Waals surface area contributed by atoms with Crippen LogP contribution in [0.2, 0.25) is 0 Å². The number of amides is 2. The fourth-order valence-corrected chi connectivity index (χ4v) is 4.41. The molecule has 1 aliphatic rings. The van der Waals surface area contributed by atoms with E-state index in [-0.39, 0.29) is 18.4 Å². The largest absolute Gasteiger partial charge is 0.481 e. The molecule has 0 aliphatic carbocycles. The molecule has 33 heavy (non-hydrogen) atoms. The fourth-order valence-electron chi connectivity index (χ4n) is 3.79. The second kappa shape index (κ2) is 9.91. The summed E-state index contributed by atoms with van der Waals surface area (Å²) in [5, 5.41) is 13.9. The van der Waals surface area contributed by atoms with E-state index in [1.165, 1.54) is 16.2 Å². The zero-order valence-corrected chi connectivity index (χ0v) is 18.9. The van der Waals surface area contributed by atoms with Crippen molar-refractivity contribution in [3.63, 3.8) is 0 Å². The number of likely N-dealkylation sites (tertiary alicyclic amines) is 1. The Kier molecular flexibility index (Phi) is 6.79. The lowest BCUT2D eigenvalue weighted by Crippen LogP contribution is -2.49. The molecule has 0 saturated carbocycles. The third kappa shape index (κ3) is 5.43. The van der Waals surface area contributed by atoms with Crippen LogP contribution in [0.4, 0.5) is 0 Å². The molecule has 9 heteroatoms. The molecule has 0 spiro atoms. The molecule has 3 heterocycles. The van der Waals surface area contributed by atoms with Crippen LogP contribution in [0, 0.1) is 12.8 Å². The minimum Gasteiger partial charge on any atom is -0.481 e. The molecule has 2 unspecified atom stereocenters. The summed E-state index contributed by atoms with van der Waals surface area (Å²) < 4.78 is 0. The van der Waals surface area contributed by atoms with Crippen molar-refractivity contribution in [2.24, 2.45) is 5.92 Å². The smallest absolute Gasteiger partial charge is 0.308 e. The van der Waals surface area contributed by atoms with Crippen molar-refractivity contribution in [2.45, 2.75) is 25.8 Å². The summed E-state index contributed by atoms with van der Waals surface area (Å²) >= 11 is 1.30. The van der Waals surface area contributed by atoms with Crippen molar-refractivity contribution < 1.29 is 19.5 Å². The highest BCUT2D eigenvalue weighted by Gasteiger charge is 2.34. The fraction of sp³-hybridized carbons (Fsp3) is 0.292. The normalized spacial score (nSPS) is 16.4. The first-order valence-electron chi connectivity index (χ1n) is 10.6. The summed E-state index contributed by atoms with van der Waals surface area (Å²) in [6.45, 7) is 2.45. The van der Waals surface area contributed by atoms with Crippen LogP contribution in [0.5, 0.6) is 0 Å². The highest BCUT2D eigenvalue weighted by atomic mass is 32.1. The van der Waals surface area contributed by atoms with Crippen LogP contribution >= 0.6 is 11.3 Å². The molecule has 2 atom stereocenters. The molecule has 4 rings (SSSR count). The number of aryl methyl sites for hydroxylation is 1. The van der Waals surface area contributed by atoms with Gasteiger partial charge in [0.2, 0.25) is 5.91 Å². The molecular formula is C24H24N4O4S. The number of carboxylic acids is 1. The van der Waals surface area contributed by atoms with Crippen LogP contribution in [0.15, 0.2) is 54.2 Å². The first kappa shape index (κ1) is 22.6. The van der Waals surface area contributed by atoms with E-state index in [0.717, 1.165) is 16.7 Å². The summed E-state index contributed by atoms with van der Waals surface area (Å²) in [6, 6.07) is 10.2. The van der Waals surface area contributed by atoms with Crippen LogP contribution in [0.3, 0.4) is 0 Å². The number of carbonyl (C=O) groups is 3. The Bertz CT molecular complexity index is 1130. The molecule has 2 N–H and O–H groups in total. The van der Waals surface area contributed by atoms with Gasteiger partial charge in [-0.15, -0.1) is 11.3 Å². The standard InChI is InChI=1S/C24H24N4O4S/c1-15-12-25-21(26-13-15)17-6-4-16(5-7-17)11-19(27-22(29)20-3-2-10-33-20)23(30)28-9-8-18(14-28)24(31)32/h2-7,10,12-13,18-19H,8-9,11,14H2,1H3,(H,27,29)(H,31,32). The van der Waals surface area contributed by atoms with Crippen molar-refractivity contribution in [3.8, 4) is 11.4 Å². The van der Waals surface area contributed by atoms with Gasteiger partial charge in [-0.3, -0.25) is 14.4 Å². The summed E-state index contributed by atoms with van der Waals surface area (Å²) in [5.74, 6) is -1.45. The van der Waals surface area contributed by atoms with Gasteiger partial charge in [-0.1, -0.05) is 30.3 Å². The topological polar surface area (TPSA) is 112 Å². The highest BCUT2D eigenvalue weighted by Crippen LogP contribution is 2.20. The molecule has 0 bridgehead atoms. The molecule has 0 radical (unpaired) electrons. The quantitative estimate of drug-likeness (QED) is 0.556. The van der Waals surface area contributed by atoms with E-state index in [2.05, 4.69) is 15.3 Å². The molecule has 8 nitrogen and oxygen atoms in total. The van der Waals surface area contributed by atoms with Gasteiger partial charge in [-0.2, -0.15) is 0 Å². The number of benzene rings is 1. The van der Waals surface area contributed by atoms with Gasteiger partial charge in [-0.25, -0.2) is 9.97 Å². The predicted molar refractivity (Wildman–Crippen MR) is 124 cm³/mol. The lowest BCUT2D eigenvalue weighted by molar-refractivity contribution is -0.141. The maximum atomic E-state index is 13.2. The third-order valence-electron chi connectivity index (χ3n) is 5.63. The maximum absolute atomic E-state index is 13.2. The van der Waals surface area contributed by atoms with Gasteiger partial charge in [0.25, 0.3) is 5.91 Å². The van der Waals surface area contributed by atoms with Gasteiger partial charge in [0.15, 0.2) is 5.82 Å². The Morgan fingerprint density at radius 3 is 2.52 bits per heavy atom. The molecule has 2 amide bonds. The Morgan fingerprint density at radius 1 is 1.18 bits per heavy atom. The lowest BCUT2D eigenvalue weighted by atomic mass is 10.0. The highest BCUT2D eigenvalue weighted by molar-refractivity contribution is 7.12. The minimum atomic E-state index is -0.904. The number of nitrogens with one attached hydrogen (secondary N) is 1. The lowest BCUT2D eigenvalue weighted by Gasteiger charge is -2.24. The van der Waals surface area contributed by atoms with E-state index < -0.39 is 17.9 Å². The van der Waals surface area contributed by atoms with Crippen LogP contribution in [0.25, 0.3) is 11.4 Å². The Balaban J connectivity index is 1.51. The first-order valence-corrected chi connectivity index (χ1v) is 11.5. The Hall–Kier alpha value is -3.59. The number of carboxylic acid groups (broad SMARTS) is 1. The summed E-state index contributed by atoms with van der Waals surface area (Å²) in [7, 11) is 0. The first-order chi connectivity index (χ1) is 15.9. The SMILES string of the molecule is Cc1cnc(-c2ccc(CC(NC(=O)c3cccs3)C(=O)N3CCC(C(=O)O)C3)cc2)nc1. The Morgan fingerprint density at radius 2 is 1.91 bits per heavy atom. The minimum absolute atomic E-state index is 0.156. The molecule has 2 aromatic heterocycles. The molecule has 3 aromatic rings. The maximum Gasteiger partial charge on any atom is 0.308 e. The predicted octanol–water partition coefficient (Wildman–Crippen LogP) is 2.79. The number of hydrogen-bond donors (Lipinski definition) is 2. The summed E-state index contributed by atoms with van der Waals surface area (Å²) in [6.07, 6.45) is 4.22. The number of thiophene rings is 1. The van der Waals surface area contributed by atoms with Crippen LogP contribution < -0.4 is 5.32 Å². The van der Waals surface area contributed by atoms with Crippen LogP contribution in [-0.2, 0) is 16.0 Å². The van der Waals surface area contributed by atoms with E-state index >= 15 is 0 Å². The monoisotopic (exact) mass is 464 g/mol. The number of carbonyl (C=O) groups excluding carboxylic acids is 2. The van der Waals surface area contributed by atoms with E-state index in [4.69, 9.17) is 0 Å². The van der Waals surface area contributed by atoms with E-state index in [1.54, 1.807) is 29.9 Å². The number of hydrogen-bond acceptors (Lipinski definition) is 6. The second-order valence-corrected chi connectivity index (χ2v) is 9.04. The van der Waals surface area contributed by atoms with Crippen molar-refractivity contribution in [1.29, 1.82) is 0 Å². The molecule has 1 fully saturated rings. The second-order valence-electron chi connectivity index (χ2n) is 8.10. The number of aliphatic carboxylic acids is 1. The zero-order chi connectivity index (χ0) is 23.4. The van der Waals surface area contributed by atoms with Crippen molar-refractivity contribution in [3.05, 3.63) is 70.2 Å². The molecule has 170 valence electrons. The number of aromatic nitrogens is 2. The average Bonchev–Trinajstić information content (AvgIpc) is 3.52. The number of rotatable bonds is 7. The van der Waals surface area contributed by atoms with E-state index in [0.29, 0.717) is 30.1 Å². The van der Waals surface area contributed by atoms with Gasteiger partial charge in [0.05, 0.1) is 10.8 Å². The van der Waals surface area contributed by atoms with E-state index in [9.17, 15) is 19.5 Å². The van der Waals surface area contributed by atoms with Crippen molar-refractivity contribution >= 4 is 29.1 Å².